The summed E-state index contributed by atoms with van der Waals surface area (Å²) < 4.78 is 35.5. The van der Waals surface area contributed by atoms with Gasteiger partial charge in [-0.05, 0) is 61.2 Å². The zero-order chi connectivity index (χ0) is 28.6. The van der Waals surface area contributed by atoms with Crippen LogP contribution in [0.2, 0.25) is 0 Å². The number of hydrogen-bond donors (Lipinski definition) is 0. The quantitative estimate of drug-likeness (QED) is 0.333. The number of amides is 1. The second-order valence-electron chi connectivity index (χ2n) is 11.6. The number of fused-ring (bicyclic) bond motifs is 2. The lowest BCUT2D eigenvalue weighted by Gasteiger charge is -2.32. The molecule has 3 aliphatic heterocycles. The molecule has 0 aliphatic carbocycles. The molecule has 0 spiro atoms. The van der Waals surface area contributed by atoms with E-state index in [-0.39, 0.29) is 18.3 Å². The van der Waals surface area contributed by atoms with E-state index in [4.69, 9.17) is 28.4 Å². The lowest BCUT2D eigenvalue weighted by molar-refractivity contribution is -0.180. The average Bonchev–Trinajstić information content (AvgIpc) is 3.30. The van der Waals surface area contributed by atoms with Crippen LogP contribution in [0.5, 0.6) is 17.2 Å². The summed E-state index contributed by atoms with van der Waals surface area (Å²) >= 11 is 0. The predicted octanol–water partition coefficient (Wildman–Crippen LogP) is 6.04. The highest BCUT2D eigenvalue weighted by Gasteiger charge is 2.34. The van der Waals surface area contributed by atoms with Gasteiger partial charge in [0.1, 0.15) is 18.5 Å². The topological polar surface area (TPSA) is 75.7 Å². The van der Waals surface area contributed by atoms with Crippen LogP contribution in [0.4, 0.5) is 4.79 Å². The average molecular weight is 560 g/mol. The smallest absolute Gasteiger partial charge is 0.410 e. The molecular formula is C33H37NO7. The van der Waals surface area contributed by atoms with E-state index in [1.165, 1.54) is 11.1 Å². The van der Waals surface area contributed by atoms with Crippen molar-refractivity contribution in [1.29, 1.82) is 0 Å². The Kier molecular flexibility index (Phi) is 7.53. The summed E-state index contributed by atoms with van der Waals surface area (Å²) in [6, 6.07) is 18.3. The Morgan fingerprint density at radius 3 is 2.56 bits per heavy atom. The Labute approximate surface area is 241 Å². The van der Waals surface area contributed by atoms with Crippen molar-refractivity contribution < 1.29 is 33.2 Å². The first-order valence-electron chi connectivity index (χ1n) is 14.2. The molecule has 0 unspecified atom stereocenters. The minimum absolute atomic E-state index is 0.184. The summed E-state index contributed by atoms with van der Waals surface area (Å²) in [5.41, 5.74) is 6.58. The first kappa shape index (κ1) is 27.4. The van der Waals surface area contributed by atoms with Gasteiger partial charge in [0.25, 0.3) is 0 Å². The van der Waals surface area contributed by atoms with Crippen LogP contribution >= 0.6 is 0 Å². The largest absolute Gasteiger partial charge is 0.486 e. The van der Waals surface area contributed by atoms with Gasteiger partial charge in [0.2, 0.25) is 5.79 Å². The Morgan fingerprint density at radius 1 is 0.927 bits per heavy atom. The van der Waals surface area contributed by atoms with Crippen LogP contribution < -0.4 is 14.2 Å². The van der Waals surface area contributed by atoms with Crippen molar-refractivity contribution in [3.63, 3.8) is 0 Å². The van der Waals surface area contributed by atoms with E-state index in [0.717, 1.165) is 33.8 Å². The molecule has 1 fully saturated rings. The van der Waals surface area contributed by atoms with Crippen LogP contribution in [0.1, 0.15) is 53.3 Å². The van der Waals surface area contributed by atoms with Gasteiger partial charge in [-0.2, -0.15) is 0 Å². The van der Waals surface area contributed by atoms with Crippen molar-refractivity contribution in [2.24, 2.45) is 0 Å². The van der Waals surface area contributed by atoms with Gasteiger partial charge in [-0.3, -0.25) is 0 Å². The van der Waals surface area contributed by atoms with E-state index in [1.807, 2.05) is 50.2 Å². The van der Waals surface area contributed by atoms with Crippen molar-refractivity contribution in [1.82, 2.24) is 4.90 Å². The minimum Gasteiger partial charge on any atom is -0.486 e. The highest BCUT2D eigenvalue weighted by atomic mass is 16.7. The van der Waals surface area contributed by atoms with E-state index < -0.39 is 5.79 Å². The van der Waals surface area contributed by atoms with Crippen LogP contribution in [-0.4, -0.2) is 49.2 Å². The van der Waals surface area contributed by atoms with Gasteiger partial charge in [0.05, 0.1) is 26.4 Å². The maximum Gasteiger partial charge on any atom is 0.410 e. The first-order chi connectivity index (χ1) is 19.7. The number of carbonyl (C=O) groups is 1. The zero-order valence-corrected chi connectivity index (χ0v) is 24.1. The fourth-order valence-electron chi connectivity index (χ4n) is 5.54. The Balaban J connectivity index is 1.01. The molecule has 3 heterocycles. The normalized spacial score (nSPS) is 20.8. The monoisotopic (exact) mass is 559 g/mol. The third-order valence-corrected chi connectivity index (χ3v) is 7.53. The summed E-state index contributed by atoms with van der Waals surface area (Å²) in [5, 5.41) is 0. The molecule has 0 bridgehead atoms. The van der Waals surface area contributed by atoms with Gasteiger partial charge in [-0.25, -0.2) is 4.79 Å². The molecule has 216 valence electrons. The highest BCUT2D eigenvalue weighted by Crippen LogP contribution is 2.36. The van der Waals surface area contributed by atoms with E-state index >= 15 is 0 Å². The molecule has 6 rings (SSSR count). The number of carbonyl (C=O) groups excluding carboxylic acids is 1. The molecule has 0 radical (unpaired) electrons. The van der Waals surface area contributed by atoms with Crippen molar-refractivity contribution in [3.8, 4) is 17.2 Å². The van der Waals surface area contributed by atoms with Gasteiger partial charge in [-0.1, -0.05) is 41.5 Å². The van der Waals surface area contributed by atoms with Gasteiger partial charge in [0.15, 0.2) is 17.6 Å². The molecule has 2 atom stereocenters. The number of aryl methyl sites for hydroxylation is 2. The van der Waals surface area contributed by atoms with E-state index in [0.29, 0.717) is 51.7 Å². The number of rotatable bonds is 8. The fraction of sp³-hybridized carbons (Fsp3) is 0.424. The number of nitrogens with zero attached hydrogens (tertiary/aromatic N) is 1. The summed E-state index contributed by atoms with van der Waals surface area (Å²) in [6.45, 7) is 10.9. The Hall–Kier alpha value is -3.75. The van der Waals surface area contributed by atoms with Gasteiger partial charge >= 0.3 is 6.09 Å². The van der Waals surface area contributed by atoms with Crippen molar-refractivity contribution in [2.75, 3.05) is 26.3 Å². The van der Waals surface area contributed by atoms with E-state index in [9.17, 15) is 4.79 Å². The van der Waals surface area contributed by atoms with Gasteiger partial charge < -0.3 is 33.3 Å². The van der Waals surface area contributed by atoms with Crippen LogP contribution in [-0.2, 0) is 33.8 Å². The molecule has 3 aliphatic rings. The molecule has 41 heavy (non-hydrogen) atoms. The predicted molar refractivity (Wildman–Crippen MR) is 152 cm³/mol. The molecule has 1 amide bonds. The molecule has 0 N–H and O–H groups in total. The maximum atomic E-state index is 12.7. The number of benzene rings is 3. The zero-order valence-electron chi connectivity index (χ0n) is 24.1. The van der Waals surface area contributed by atoms with Crippen LogP contribution in [0, 0.1) is 13.8 Å². The van der Waals surface area contributed by atoms with Crippen molar-refractivity contribution in [2.45, 2.75) is 65.3 Å². The number of ether oxygens (including phenoxy) is 6. The van der Waals surface area contributed by atoms with Crippen LogP contribution in [0.15, 0.2) is 54.6 Å². The molecule has 1 saturated heterocycles. The molecular weight excluding hydrogens is 522 g/mol. The Morgan fingerprint density at radius 2 is 1.73 bits per heavy atom. The molecule has 3 aromatic rings. The third-order valence-electron chi connectivity index (χ3n) is 7.53. The molecule has 0 saturated carbocycles. The summed E-state index contributed by atoms with van der Waals surface area (Å²) in [6.07, 6.45) is -0.142. The fourth-order valence-corrected chi connectivity index (χ4v) is 5.54. The molecule has 3 aromatic carbocycles. The van der Waals surface area contributed by atoms with Gasteiger partial charge in [0, 0.05) is 26.0 Å². The molecule has 0 aromatic heterocycles. The van der Waals surface area contributed by atoms with Crippen LogP contribution in [0.3, 0.4) is 0 Å². The maximum absolute atomic E-state index is 12.7. The molecule has 8 heteroatoms. The second-order valence-corrected chi connectivity index (χ2v) is 11.6. The highest BCUT2D eigenvalue weighted by molar-refractivity contribution is 5.70. The van der Waals surface area contributed by atoms with Crippen molar-refractivity contribution in [3.05, 3.63) is 88.0 Å². The standard InChI is InChI=1S/C33H37NO7/c1-21-11-22(2)13-24(12-21)17-36-19-27-20-37-29-7-5-23(14-30(29)39-27)9-10-34-16-31(40-32(34)35)25-6-8-28-26(15-25)18-38-33(3,4)41-28/h5-8,11-15,27,31H,9-10,16-20H2,1-4H3/t27-,31+/m1/s1. The lowest BCUT2D eigenvalue weighted by atomic mass is 10.0. The lowest BCUT2D eigenvalue weighted by Crippen LogP contribution is -2.35. The summed E-state index contributed by atoms with van der Waals surface area (Å²) in [5.74, 6) is 1.59. The third kappa shape index (κ3) is 6.44. The molecule has 8 nitrogen and oxygen atoms in total. The van der Waals surface area contributed by atoms with Crippen molar-refractivity contribution >= 4 is 6.09 Å². The second kappa shape index (κ2) is 11.3. The number of cyclic esters (lactones) is 1. The summed E-state index contributed by atoms with van der Waals surface area (Å²) in [7, 11) is 0. The Bertz CT molecular complexity index is 1410. The number of hydrogen-bond acceptors (Lipinski definition) is 7. The minimum atomic E-state index is -0.644. The van der Waals surface area contributed by atoms with E-state index in [1.54, 1.807) is 4.90 Å². The van der Waals surface area contributed by atoms with Gasteiger partial charge in [-0.15, -0.1) is 0 Å². The summed E-state index contributed by atoms with van der Waals surface area (Å²) in [4.78, 5) is 14.4. The van der Waals surface area contributed by atoms with Crippen LogP contribution in [0.25, 0.3) is 0 Å². The SMILES string of the molecule is Cc1cc(C)cc(COC[C@@H]2COc3ccc(CCN4C[C@@H](c5ccc6c(c5)COC(C)(C)O6)OC4=O)cc3O2)c1. The van der Waals surface area contributed by atoms with E-state index in [2.05, 4.69) is 32.0 Å². The first-order valence-corrected chi connectivity index (χ1v) is 14.2.